The van der Waals surface area contributed by atoms with Crippen LogP contribution in [-0.2, 0) is 14.3 Å². The Balaban J connectivity index is 1.70. The maximum absolute atomic E-state index is 12.9. The molecule has 2 aromatic carbocycles. The van der Waals surface area contributed by atoms with E-state index in [0.29, 0.717) is 31.9 Å². The monoisotopic (exact) mass is 392 g/mol. The molecule has 0 bridgehead atoms. The van der Waals surface area contributed by atoms with E-state index < -0.39 is 17.7 Å². The average Bonchev–Trinajstić information content (AvgIpc) is 3.04. The van der Waals surface area contributed by atoms with Crippen LogP contribution in [0.5, 0.6) is 0 Å². The molecule has 4 rings (SSSR count). The molecule has 6 heteroatoms. The number of aliphatic hydroxyl groups is 1. The highest BCUT2D eigenvalue weighted by molar-refractivity contribution is 6.46. The zero-order valence-corrected chi connectivity index (χ0v) is 16.2. The highest BCUT2D eigenvalue weighted by atomic mass is 16.5. The minimum Gasteiger partial charge on any atom is -0.507 e. The van der Waals surface area contributed by atoms with Gasteiger partial charge < -0.3 is 14.7 Å². The number of hydrogen-bond donors (Lipinski definition) is 1. The summed E-state index contributed by atoms with van der Waals surface area (Å²) in [4.78, 5) is 29.6. The number of aliphatic hydroxyl groups excluding tert-OH is 1. The third-order valence-electron chi connectivity index (χ3n) is 5.46. The first-order valence-electron chi connectivity index (χ1n) is 9.85. The molecule has 0 aliphatic carbocycles. The fourth-order valence-electron chi connectivity index (χ4n) is 3.92. The Bertz CT molecular complexity index is 905. The van der Waals surface area contributed by atoms with Crippen LogP contribution >= 0.6 is 0 Å². The third kappa shape index (κ3) is 3.95. The van der Waals surface area contributed by atoms with Crippen molar-refractivity contribution in [3.63, 3.8) is 0 Å². The van der Waals surface area contributed by atoms with E-state index in [1.165, 1.54) is 0 Å². The molecular formula is C23H24N2O4. The second-order valence-corrected chi connectivity index (χ2v) is 7.22. The Hall–Kier alpha value is -2.96. The van der Waals surface area contributed by atoms with E-state index >= 15 is 0 Å². The van der Waals surface area contributed by atoms with Crippen molar-refractivity contribution in [2.24, 2.45) is 0 Å². The minimum absolute atomic E-state index is 0.133. The quantitative estimate of drug-likeness (QED) is 0.481. The van der Waals surface area contributed by atoms with Crippen molar-refractivity contribution in [1.29, 1.82) is 0 Å². The minimum atomic E-state index is -0.637. The van der Waals surface area contributed by atoms with Crippen LogP contribution in [-0.4, -0.2) is 66.0 Å². The van der Waals surface area contributed by atoms with Gasteiger partial charge in [0.25, 0.3) is 11.7 Å². The molecule has 1 amide bonds. The molecule has 0 spiro atoms. The van der Waals surface area contributed by atoms with Crippen LogP contribution in [0.15, 0.2) is 66.2 Å². The molecule has 29 heavy (non-hydrogen) atoms. The molecule has 0 unspecified atom stereocenters. The number of carbonyl (C=O) groups excluding carboxylic acids is 2. The Morgan fingerprint density at radius 3 is 2.21 bits per heavy atom. The summed E-state index contributed by atoms with van der Waals surface area (Å²) in [6, 6.07) is 17.7. The lowest BCUT2D eigenvalue weighted by atomic mass is 9.95. The molecule has 2 fully saturated rings. The molecule has 2 aliphatic heterocycles. The predicted octanol–water partition coefficient (Wildman–Crippen LogP) is 2.44. The molecule has 2 aliphatic rings. The lowest BCUT2D eigenvalue weighted by Gasteiger charge is -2.31. The number of morpholine rings is 1. The van der Waals surface area contributed by atoms with Crippen molar-refractivity contribution in [2.75, 3.05) is 39.4 Å². The number of likely N-dealkylation sites (tertiary alicyclic amines) is 1. The van der Waals surface area contributed by atoms with Crippen LogP contribution in [0.4, 0.5) is 0 Å². The van der Waals surface area contributed by atoms with Gasteiger partial charge >= 0.3 is 0 Å². The van der Waals surface area contributed by atoms with Gasteiger partial charge in [-0.15, -0.1) is 0 Å². The first-order chi connectivity index (χ1) is 14.2. The summed E-state index contributed by atoms with van der Waals surface area (Å²) in [6.07, 6.45) is 0. The largest absolute Gasteiger partial charge is 0.507 e. The Morgan fingerprint density at radius 2 is 1.55 bits per heavy atom. The maximum Gasteiger partial charge on any atom is 0.295 e. The van der Waals surface area contributed by atoms with Crippen molar-refractivity contribution >= 4 is 17.4 Å². The molecule has 6 nitrogen and oxygen atoms in total. The molecular weight excluding hydrogens is 368 g/mol. The zero-order chi connectivity index (χ0) is 20.2. The normalized spacial score (nSPS) is 22.2. The average molecular weight is 392 g/mol. The topological polar surface area (TPSA) is 70.1 Å². The van der Waals surface area contributed by atoms with E-state index in [1.54, 1.807) is 29.2 Å². The Morgan fingerprint density at radius 1 is 0.931 bits per heavy atom. The summed E-state index contributed by atoms with van der Waals surface area (Å²) in [5.41, 5.74) is 1.49. The number of ketones is 1. The highest BCUT2D eigenvalue weighted by Gasteiger charge is 2.45. The second kappa shape index (κ2) is 8.59. The summed E-state index contributed by atoms with van der Waals surface area (Å²) in [6.45, 7) is 4.04. The molecule has 2 heterocycles. The van der Waals surface area contributed by atoms with E-state index in [9.17, 15) is 14.7 Å². The lowest BCUT2D eigenvalue weighted by molar-refractivity contribution is -0.140. The van der Waals surface area contributed by atoms with Crippen LogP contribution in [0.1, 0.15) is 17.2 Å². The van der Waals surface area contributed by atoms with Gasteiger partial charge in [-0.05, 0) is 5.56 Å². The van der Waals surface area contributed by atoms with Gasteiger partial charge in [-0.2, -0.15) is 0 Å². The maximum atomic E-state index is 12.9. The molecule has 2 saturated heterocycles. The Labute approximate surface area is 170 Å². The number of Topliss-reactive ketones (excluding diaryl/α,β-unsaturated/α-hetero) is 1. The van der Waals surface area contributed by atoms with Crippen molar-refractivity contribution in [2.45, 2.75) is 6.04 Å². The summed E-state index contributed by atoms with van der Waals surface area (Å²) < 4.78 is 5.38. The van der Waals surface area contributed by atoms with E-state index in [4.69, 9.17) is 4.74 Å². The summed E-state index contributed by atoms with van der Waals surface area (Å²) in [5.74, 6) is -1.33. The number of rotatable bonds is 5. The second-order valence-electron chi connectivity index (χ2n) is 7.22. The number of amides is 1. The van der Waals surface area contributed by atoms with E-state index in [1.807, 2.05) is 36.4 Å². The van der Waals surface area contributed by atoms with E-state index in [2.05, 4.69) is 4.90 Å². The van der Waals surface area contributed by atoms with Gasteiger partial charge in [-0.3, -0.25) is 14.5 Å². The lowest BCUT2D eigenvalue weighted by Crippen LogP contribution is -2.42. The third-order valence-corrected chi connectivity index (χ3v) is 5.46. The molecule has 2 aromatic rings. The summed E-state index contributed by atoms with van der Waals surface area (Å²) >= 11 is 0. The molecule has 150 valence electrons. The molecule has 1 atom stereocenters. The van der Waals surface area contributed by atoms with Crippen molar-refractivity contribution < 1.29 is 19.4 Å². The summed E-state index contributed by atoms with van der Waals surface area (Å²) in [7, 11) is 0. The first-order valence-corrected chi connectivity index (χ1v) is 9.85. The van der Waals surface area contributed by atoms with Crippen LogP contribution in [0.2, 0.25) is 0 Å². The fourth-order valence-corrected chi connectivity index (χ4v) is 3.92. The predicted molar refractivity (Wildman–Crippen MR) is 109 cm³/mol. The molecule has 0 aromatic heterocycles. The fraction of sp³-hybridized carbons (Fsp3) is 0.304. The van der Waals surface area contributed by atoms with E-state index in [-0.39, 0.29) is 11.3 Å². The van der Waals surface area contributed by atoms with Gasteiger partial charge in [0.2, 0.25) is 0 Å². The number of carbonyl (C=O) groups is 2. The Kier molecular flexibility index (Phi) is 5.74. The van der Waals surface area contributed by atoms with Crippen LogP contribution < -0.4 is 0 Å². The van der Waals surface area contributed by atoms with Gasteiger partial charge in [0.1, 0.15) is 5.76 Å². The van der Waals surface area contributed by atoms with Gasteiger partial charge in [0.15, 0.2) is 0 Å². The van der Waals surface area contributed by atoms with Crippen LogP contribution in [0.25, 0.3) is 5.76 Å². The standard InChI is InChI=1S/C23H24N2O4/c26-21(18-9-5-2-6-10-18)19-20(17-7-3-1-4-8-17)25(23(28)22(19)27)12-11-24-13-15-29-16-14-24/h1-10,20,26H,11-16H2/b21-19+/t20-/m1/s1. The van der Waals surface area contributed by atoms with Crippen LogP contribution in [0, 0.1) is 0 Å². The van der Waals surface area contributed by atoms with Crippen molar-refractivity contribution in [3.8, 4) is 0 Å². The molecule has 1 N–H and O–H groups in total. The summed E-state index contributed by atoms with van der Waals surface area (Å²) in [5, 5.41) is 10.9. The SMILES string of the molecule is O=C1C(=O)N(CCN2CCOCC2)[C@H](c2ccccc2)/C1=C(\O)c1ccccc1. The zero-order valence-electron chi connectivity index (χ0n) is 16.2. The van der Waals surface area contributed by atoms with Crippen molar-refractivity contribution in [1.82, 2.24) is 9.80 Å². The highest BCUT2D eigenvalue weighted by Crippen LogP contribution is 2.39. The first kappa shape index (κ1) is 19.4. The van der Waals surface area contributed by atoms with Gasteiger partial charge in [0, 0.05) is 31.7 Å². The number of hydrogen-bond acceptors (Lipinski definition) is 5. The van der Waals surface area contributed by atoms with Gasteiger partial charge in [0.05, 0.1) is 24.8 Å². The number of ether oxygens (including phenoxy) is 1. The van der Waals surface area contributed by atoms with Gasteiger partial charge in [-0.25, -0.2) is 0 Å². The van der Waals surface area contributed by atoms with Crippen molar-refractivity contribution in [3.05, 3.63) is 77.4 Å². The van der Waals surface area contributed by atoms with Gasteiger partial charge in [-0.1, -0.05) is 60.7 Å². The smallest absolute Gasteiger partial charge is 0.295 e. The number of nitrogens with zero attached hydrogens (tertiary/aromatic N) is 2. The van der Waals surface area contributed by atoms with Crippen LogP contribution in [0.3, 0.4) is 0 Å². The molecule has 0 radical (unpaired) electrons. The number of benzene rings is 2. The molecule has 0 saturated carbocycles. The van der Waals surface area contributed by atoms with E-state index in [0.717, 1.165) is 18.7 Å².